The standard InChI is InChI=1S/C17H23N3O4/c1-12(21)19(2)11-16(22)20-10-4-5-15(20)17(23)18-13-6-8-14(24-3)9-7-13/h6-9,15H,4-5,10-11H2,1-3H3,(H,18,23). The van der Waals surface area contributed by atoms with Gasteiger partial charge in [-0.2, -0.15) is 0 Å². The van der Waals surface area contributed by atoms with Gasteiger partial charge in [-0.25, -0.2) is 0 Å². The molecule has 1 saturated heterocycles. The molecule has 7 heteroatoms. The van der Waals surface area contributed by atoms with Crippen LogP contribution in [0.5, 0.6) is 5.75 Å². The third-order valence-electron chi connectivity index (χ3n) is 4.14. The van der Waals surface area contributed by atoms with Gasteiger partial charge in [0.1, 0.15) is 11.8 Å². The molecule has 1 aliphatic rings. The van der Waals surface area contributed by atoms with Crippen molar-refractivity contribution >= 4 is 23.4 Å². The second-order valence-electron chi connectivity index (χ2n) is 5.84. The number of nitrogens with one attached hydrogen (secondary N) is 1. The first-order chi connectivity index (χ1) is 11.4. The number of hydrogen-bond donors (Lipinski definition) is 1. The van der Waals surface area contributed by atoms with E-state index < -0.39 is 6.04 Å². The highest BCUT2D eigenvalue weighted by Crippen LogP contribution is 2.21. The van der Waals surface area contributed by atoms with Crippen molar-refractivity contribution in [1.29, 1.82) is 0 Å². The van der Waals surface area contributed by atoms with Crippen molar-refractivity contribution in [2.75, 3.05) is 32.6 Å². The van der Waals surface area contributed by atoms with E-state index in [1.807, 2.05) is 0 Å². The molecule has 1 aromatic rings. The summed E-state index contributed by atoms with van der Waals surface area (Å²) in [5, 5.41) is 2.83. The highest BCUT2D eigenvalue weighted by Gasteiger charge is 2.34. The van der Waals surface area contributed by atoms with E-state index in [1.165, 1.54) is 11.8 Å². The minimum Gasteiger partial charge on any atom is -0.497 e. The zero-order chi connectivity index (χ0) is 17.7. The Morgan fingerprint density at radius 3 is 2.54 bits per heavy atom. The molecule has 0 aliphatic carbocycles. The van der Waals surface area contributed by atoms with Crippen molar-refractivity contribution < 1.29 is 19.1 Å². The number of carbonyl (C=O) groups excluding carboxylic acids is 3. The van der Waals surface area contributed by atoms with Crippen LogP contribution in [-0.2, 0) is 14.4 Å². The summed E-state index contributed by atoms with van der Waals surface area (Å²) < 4.78 is 5.08. The summed E-state index contributed by atoms with van der Waals surface area (Å²) in [7, 11) is 3.15. The van der Waals surface area contributed by atoms with Crippen LogP contribution in [0.4, 0.5) is 5.69 Å². The van der Waals surface area contributed by atoms with Crippen LogP contribution in [0, 0.1) is 0 Å². The first-order valence-electron chi connectivity index (χ1n) is 7.88. The van der Waals surface area contributed by atoms with E-state index in [1.54, 1.807) is 43.3 Å². The number of anilines is 1. The minimum absolute atomic E-state index is 0.0123. The molecule has 1 heterocycles. The Morgan fingerprint density at radius 1 is 1.29 bits per heavy atom. The largest absolute Gasteiger partial charge is 0.497 e. The van der Waals surface area contributed by atoms with Crippen LogP contribution in [0.2, 0.25) is 0 Å². The molecule has 1 aromatic carbocycles. The van der Waals surface area contributed by atoms with Gasteiger partial charge in [0.2, 0.25) is 17.7 Å². The van der Waals surface area contributed by atoms with Crippen molar-refractivity contribution in [1.82, 2.24) is 9.80 Å². The van der Waals surface area contributed by atoms with Crippen molar-refractivity contribution in [3.05, 3.63) is 24.3 Å². The normalized spacial score (nSPS) is 16.6. The van der Waals surface area contributed by atoms with E-state index in [-0.39, 0.29) is 24.3 Å². The number of nitrogens with zero attached hydrogens (tertiary/aromatic N) is 2. The number of hydrogen-bond acceptors (Lipinski definition) is 4. The van der Waals surface area contributed by atoms with Crippen molar-refractivity contribution in [3.8, 4) is 5.75 Å². The van der Waals surface area contributed by atoms with Crippen LogP contribution in [0.25, 0.3) is 0 Å². The Morgan fingerprint density at radius 2 is 1.96 bits per heavy atom. The van der Waals surface area contributed by atoms with Gasteiger partial charge >= 0.3 is 0 Å². The molecule has 1 aliphatic heterocycles. The van der Waals surface area contributed by atoms with Crippen molar-refractivity contribution in [2.24, 2.45) is 0 Å². The number of amides is 3. The molecule has 24 heavy (non-hydrogen) atoms. The highest BCUT2D eigenvalue weighted by molar-refractivity contribution is 5.98. The molecule has 1 unspecified atom stereocenters. The molecule has 2 rings (SSSR count). The molecule has 0 saturated carbocycles. The van der Waals surface area contributed by atoms with Gasteiger partial charge < -0.3 is 19.9 Å². The van der Waals surface area contributed by atoms with E-state index in [4.69, 9.17) is 4.74 Å². The number of methoxy groups -OCH3 is 1. The Labute approximate surface area is 141 Å². The Balaban J connectivity index is 1.99. The molecule has 0 spiro atoms. The average molecular weight is 333 g/mol. The summed E-state index contributed by atoms with van der Waals surface area (Å²) in [5.41, 5.74) is 0.654. The van der Waals surface area contributed by atoms with Crippen LogP contribution < -0.4 is 10.1 Å². The van der Waals surface area contributed by atoms with Crippen LogP contribution in [0.3, 0.4) is 0 Å². The minimum atomic E-state index is -0.500. The lowest BCUT2D eigenvalue weighted by atomic mass is 10.2. The van der Waals surface area contributed by atoms with Gasteiger partial charge in [-0.3, -0.25) is 14.4 Å². The molecular weight excluding hydrogens is 310 g/mol. The average Bonchev–Trinajstić information content (AvgIpc) is 3.05. The van der Waals surface area contributed by atoms with Gasteiger partial charge in [-0.1, -0.05) is 0 Å². The zero-order valence-corrected chi connectivity index (χ0v) is 14.2. The van der Waals surface area contributed by atoms with Crippen LogP contribution in [-0.4, -0.2) is 60.8 Å². The fourth-order valence-electron chi connectivity index (χ4n) is 2.64. The lowest BCUT2D eigenvalue weighted by Crippen LogP contribution is -2.47. The fourth-order valence-corrected chi connectivity index (χ4v) is 2.64. The van der Waals surface area contributed by atoms with E-state index in [2.05, 4.69) is 5.32 Å². The highest BCUT2D eigenvalue weighted by atomic mass is 16.5. The molecule has 0 radical (unpaired) electrons. The van der Waals surface area contributed by atoms with Crippen molar-refractivity contribution in [3.63, 3.8) is 0 Å². The first kappa shape index (κ1) is 17.8. The lowest BCUT2D eigenvalue weighted by molar-refractivity contribution is -0.141. The summed E-state index contributed by atoms with van der Waals surface area (Å²) in [5.74, 6) is 0.108. The molecule has 3 amide bonds. The summed E-state index contributed by atoms with van der Waals surface area (Å²) in [4.78, 5) is 39.0. The topological polar surface area (TPSA) is 79.0 Å². The van der Waals surface area contributed by atoms with Gasteiger partial charge in [-0.05, 0) is 37.1 Å². The summed E-state index contributed by atoms with van der Waals surface area (Å²) in [6.45, 7) is 1.93. The molecular formula is C17H23N3O4. The van der Waals surface area contributed by atoms with Gasteiger partial charge in [0.25, 0.3) is 0 Å². The van der Waals surface area contributed by atoms with Crippen LogP contribution in [0.1, 0.15) is 19.8 Å². The Kier molecular flexibility index (Phi) is 5.78. The maximum absolute atomic E-state index is 12.5. The summed E-state index contributed by atoms with van der Waals surface area (Å²) >= 11 is 0. The Hall–Kier alpha value is -2.57. The number of ether oxygens (including phenoxy) is 1. The number of rotatable bonds is 5. The van der Waals surface area contributed by atoms with Crippen LogP contribution in [0.15, 0.2) is 24.3 Å². The van der Waals surface area contributed by atoms with Gasteiger partial charge in [-0.15, -0.1) is 0 Å². The van der Waals surface area contributed by atoms with Crippen molar-refractivity contribution in [2.45, 2.75) is 25.8 Å². The first-order valence-corrected chi connectivity index (χ1v) is 7.88. The molecule has 130 valence electrons. The molecule has 1 atom stereocenters. The third kappa shape index (κ3) is 4.24. The van der Waals surface area contributed by atoms with E-state index in [0.29, 0.717) is 24.4 Å². The zero-order valence-electron chi connectivity index (χ0n) is 14.2. The lowest BCUT2D eigenvalue weighted by Gasteiger charge is -2.26. The van der Waals surface area contributed by atoms with Gasteiger partial charge in [0.15, 0.2) is 0 Å². The molecule has 1 fully saturated rings. The van der Waals surface area contributed by atoms with Gasteiger partial charge in [0, 0.05) is 26.2 Å². The number of benzene rings is 1. The molecule has 7 nitrogen and oxygen atoms in total. The van der Waals surface area contributed by atoms with Gasteiger partial charge in [0.05, 0.1) is 13.7 Å². The SMILES string of the molecule is COc1ccc(NC(=O)C2CCCN2C(=O)CN(C)C(C)=O)cc1. The van der Waals surface area contributed by atoms with E-state index in [0.717, 1.165) is 6.42 Å². The molecule has 0 bridgehead atoms. The smallest absolute Gasteiger partial charge is 0.247 e. The maximum atomic E-state index is 12.5. The van der Waals surface area contributed by atoms with E-state index >= 15 is 0 Å². The second kappa shape index (κ2) is 7.81. The van der Waals surface area contributed by atoms with Crippen LogP contribution >= 0.6 is 0 Å². The predicted octanol–water partition coefficient (Wildman–Crippen LogP) is 1.10. The summed E-state index contributed by atoms with van der Waals surface area (Å²) in [6.07, 6.45) is 1.40. The Bertz CT molecular complexity index is 615. The summed E-state index contributed by atoms with van der Waals surface area (Å²) in [6, 6.07) is 6.52. The second-order valence-corrected chi connectivity index (χ2v) is 5.84. The quantitative estimate of drug-likeness (QED) is 0.875. The molecule has 1 N–H and O–H groups in total. The number of carbonyl (C=O) groups is 3. The number of likely N-dealkylation sites (tertiary alicyclic amines) is 1. The monoisotopic (exact) mass is 333 g/mol. The predicted molar refractivity (Wildman–Crippen MR) is 89.7 cm³/mol. The van der Waals surface area contributed by atoms with E-state index in [9.17, 15) is 14.4 Å². The maximum Gasteiger partial charge on any atom is 0.247 e. The fraction of sp³-hybridized carbons (Fsp3) is 0.471. The molecule has 0 aromatic heterocycles. The number of likely N-dealkylation sites (N-methyl/N-ethyl adjacent to an activating group) is 1. The third-order valence-corrected chi connectivity index (χ3v) is 4.14.